The zero-order chi connectivity index (χ0) is 17.0. The van der Waals surface area contributed by atoms with Crippen molar-refractivity contribution in [3.63, 3.8) is 0 Å². The van der Waals surface area contributed by atoms with Crippen molar-refractivity contribution < 1.29 is 28.9 Å². The van der Waals surface area contributed by atoms with Crippen LogP contribution >= 0.6 is 22.6 Å². The van der Waals surface area contributed by atoms with Gasteiger partial charge in [-0.3, -0.25) is 0 Å². The molecule has 23 heavy (non-hydrogen) atoms. The van der Waals surface area contributed by atoms with Gasteiger partial charge in [-0.2, -0.15) is 0 Å². The zero-order valence-corrected chi connectivity index (χ0v) is 14.5. The summed E-state index contributed by atoms with van der Waals surface area (Å²) in [5.41, 5.74) is 0.114. The quantitative estimate of drug-likeness (QED) is 0.448. The summed E-state index contributed by atoms with van der Waals surface area (Å²) < 4.78 is 16.1. The minimum Gasteiger partial charge on any atom is -0.496 e. The highest BCUT2D eigenvalue weighted by molar-refractivity contribution is 14.1. The molecule has 0 atom stereocenters. The van der Waals surface area contributed by atoms with Gasteiger partial charge in [0.15, 0.2) is 11.5 Å². The van der Waals surface area contributed by atoms with Gasteiger partial charge in [0, 0.05) is 0 Å². The maximum atomic E-state index is 12.4. The molecule has 0 spiro atoms. The highest BCUT2D eigenvalue weighted by Gasteiger charge is 2.22. The van der Waals surface area contributed by atoms with Crippen LogP contribution in [0.4, 0.5) is 0 Å². The van der Waals surface area contributed by atoms with Crippen LogP contribution in [0.5, 0.6) is 17.2 Å². The second-order valence-electron chi connectivity index (χ2n) is 4.35. The van der Waals surface area contributed by atoms with Crippen molar-refractivity contribution in [2.75, 3.05) is 14.2 Å². The summed E-state index contributed by atoms with van der Waals surface area (Å²) in [6.07, 6.45) is 0. The number of halogens is 1. The highest BCUT2D eigenvalue weighted by Crippen LogP contribution is 2.33. The van der Waals surface area contributed by atoms with E-state index >= 15 is 0 Å². The topological polar surface area (TPSA) is 82.1 Å². The molecule has 0 bridgehead atoms. The maximum absolute atomic E-state index is 12.4. The summed E-state index contributed by atoms with van der Waals surface area (Å²) in [5.74, 6) is -1.35. The van der Waals surface area contributed by atoms with Crippen LogP contribution in [-0.2, 0) is 0 Å². The number of hydrogen-bond donors (Lipinski definition) is 1. The molecule has 0 aliphatic heterocycles. The molecule has 0 aliphatic carbocycles. The van der Waals surface area contributed by atoms with Crippen molar-refractivity contribution in [3.8, 4) is 17.2 Å². The number of benzene rings is 2. The van der Waals surface area contributed by atoms with E-state index in [-0.39, 0.29) is 22.6 Å². The van der Waals surface area contributed by atoms with Crippen molar-refractivity contribution in [2.45, 2.75) is 0 Å². The van der Waals surface area contributed by atoms with E-state index in [1.54, 1.807) is 18.2 Å². The van der Waals surface area contributed by atoms with Gasteiger partial charge < -0.3 is 19.3 Å². The first kappa shape index (κ1) is 17.1. The SMILES string of the molecule is COc1cccc(C(=O)Oc2c(OC)cccc2C(=O)O)c1I. The number of para-hydroxylation sites is 1. The number of carbonyl (C=O) groups excluding carboxylic acids is 1. The molecule has 0 fully saturated rings. The smallest absolute Gasteiger partial charge is 0.344 e. The zero-order valence-electron chi connectivity index (χ0n) is 12.3. The first-order chi connectivity index (χ1) is 11.0. The number of esters is 1. The summed E-state index contributed by atoms with van der Waals surface area (Å²) in [6, 6.07) is 9.30. The van der Waals surface area contributed by atoms with Crippen LogP contribution in [0, 0.1) is 3.57 Å². The molecule has 0 aromatic heterocycles. The van der Waals surface area contributed by atoms with Gasteiger partial charge in [-0.1, -0.05) is 12.1 Å². The lowest BCUT2D eigenvalue weighted by molar-refractivity contribution is 0.0678. The molecule has 2 aromatic rings. The van der Waals surface area contributed by atoms with Crippen LogP contribution in [0.1, 0.15) is 20.7 Å². The Morgan fingerprint density at radius 1 is 0.957 bits per heavy atom. The van der Waals surface area contributed by atoms with Crippen LogP contribution in [-0.4, -0.2) is 31.3 Å². The van der Waals surface area contributed by atoms with Crippen molar-refractivity contribution in [3.05, 3.63) is 51.1 Å². The monoisotopic (exact) mass is 428 g/mol. The van der Waals surface area contributed by atoms with E-state index in [4.69, 9.17) is 14.2 Å². The Hall–Kier alpha value is -2.29. The van der Waals surface area contributed by atoms with Gasteiger partial charge in [-0.25, -0.2) is 9.59 Å². The van der Waals surface area contributed by atoms with Gasteiger partial charge in [0.2, 0.25) is 0 Å². The first-order valence-electron chi connectivity index (χ1n) is 6.44. The molecule has 0 heterocycles. The molecule has 7 heteroatoms. The second kappa shape index (κ2) is 7.32. The standard InChI is InChI=1S/C16H13IO6/c1-21-11-7-3-5-9(13(11)17)16(20)23-14-10(15(18)19)6-4-8-12(14)22-2/h3-8H,1-2H3,(H,18,19). The van der Waals surface area contributed by atoms with Crippen LogP contribution < -0.4 is 14.2 Å². The van der Waals surface area contributed by atoms with E-state index < -0.39 is 11.9 Å². The van der Waals surface area contributed by atoms with Gasteiger partial charge in [0.25, 0.3) is 0 Å². The molecule has 0 aliphatic rings. The Kier molecular flexibility index (Phi) is 5.43. The Morgan fingerprint density at radius 3 is 2.09 bits per heavy atom. The van der Waals surface area contributed by atoms with E-state index in [1.165, 1.54) is 32.4 Å². The summed E-state index contributed by atoms with van der Waals surface area (Å²) in [6.45, 7) is 0. The Morgan fingerprint density at radius 2 is 1.52 bits per heavy atom. The molecule has 0 unspecified atom stereocenters. The lowest BCUT2D eigenvalue weighted by Crippen LogP contribution is -2.14. The number of rotatable bonds is 5. The predicted molar refractivity (Wildman–Crippen MR) is 90.6 cm³/mol. The van der Waals surface area contributed by atoms with Gasteiger partial charge >= 0.3 is 11.9 Å². The third-order valence-corrected chi connectivity index (χ3v) is 4.14. The van der Waals surface area contributed by atoms with Gasteiger partial charge in [-0.15, -0.1) is 0 Å². The Balaban J connectivity index is 2.43. The number of carbonyl (C=O) groups is 2. The number of ether oxygens (including phenoxy) is 3. The number of hydrogen-bond acceptors (Lipinski definition) is 5. The van der Waals surface area contributed by atoms with E-state index in [0.29, 0.717) is 9.32 Å². The highest BCUT2D eigenvalue weighted by atomic mass is 127. The van der Waals surface area contributed by atoms with Gasteiger partial charge in [-0.05, 0) is 46.9 Å². The van der Waals surface area contributed by atoms with Crippen LogP contribution in [0.25, 0.3) is 0 Å². The molecule has 1 N–H and O–H groups in total. The van der Waals surface area contributed by atoms with Crippen LogP contribution in [0.3, 0.4) is 0 Å². The van der Waals surface area contributed by atoms with E-state index in [1.807, 2.05) is 22.6 Å². The lowest BCUT2D eigenvalue weighted by atomic mass is 10.1. The fourth-order valence-corrected chi connectivity index (χ4v) is 2.72. The minimum absolute atomic E-state index is 0.133. The molecular weight excluding hydrogens is 415 g/mol. The van der Waals surface area contributed by atoms with E-state index in [9.17, 15) is 14.7 Å². The molecule has 0 radical (unpaired) electrons. The predicted octanol–water partition coefficient (Wildman–Crippen LogP) is 3.23. The first-order valence-corrected chi connectivity index (χ1v) is 7.52. The third-order valence-electron chi connectivity index (χ3n) is 3.03. The summed E-state index contributed by atoms with van der Waals surface area (Å²) in [4.78, 5) is 23.7. The fourth-order valence-electron chi connectivity index (χ4n) is 1.92. The van der Waals surface area contributed by atoms with E-state index in [0.717, 1.165) is 0 Å². The number of carboxylic acid groups (broad SMARTS) is 1. The van der Waals surface area contributed by atoms with E-state index in [2.05, 4.69) is 0 Å². The molecule has 2 aromatic carbocycles. The fraction of sp³-hybridized carbons (Fsp3) is 0.125. The molecule has 2 rings (SSSR count). The summed E-state index contributed by atoms with van der Waals surface area (Å²) >= 11 is 1.97. The number of carboxylic acids is 1. The minimum atomic E-state index is -1.22. The lowest BCUT2D eigenvalue weighted by Gasteiger charge is -2.13. The van der Waals surface area contributed by atoms with Crippen molar-refractivity contribution >= 4 is 34.5 Å². The number of methoxy groups -OCH3 is 2. The van der Waals surface area contributed by atoms with Crippen LogP contribution in [0.2, 0.25) is 0 Å². The normalized spacial score (nSPS) is 10.0. The Labute approximate surface area is 146 Å². The van der Waals surface area contributed by atoms with Gasteiger partial charge in [0.05, 0.1) is 23.4 Å². The summed E-state index contributed by atoms with van der Waals surface area (Å²) in [5, 5.41) is 9.24. The van der Waals surface area contributed by atoms with Crippen molar-refractivity contribution in [1.82, 2.24) is 0 Å². The average Bonchev–Trinajstić information content (AvgIpc) is 2.54. The van der Waals surface area contributed by atoms with Gasteiger partial charge in [0.1, 0.15) is 11.3 Å². The third kappa shape index (κ3) is 3.55. The number of aromatic carboxylic acids is 1. The molecule has 120 valence electrons. The van der Waals surface area contributed by atoms with Crippen molar-refractivity contribution in [2.24, 2.45) is 0 Å². The molecular formula is C16H13IO6. The largest absolute Gasteiger partial charge is 0.496 e. The molecule has 0 amide bonds. The van der Waals surface area contributed by atoms with Crippen LogP contribution in [0.15, 0.2) is 36.4 Å². The Bertz CT molecular complexity index is 756. The molecule has 6 nitrogen and oxygen atoms in total. The second-order valence-corrected chi connectivity index (χ2v) is 5.43. The summed E-state index contributed by atoms with van der Waals surface area (Å²) in [7, 11) is 2.86. The maximum Gasteiger partial charge on any atom is 0.344 e. The van der Waals surface area contributed by atoms with Crippen molar-refractivity contribution in [1.29, 1.82) is 0 Å². The average molecular weight is 428 g/mol. The molecule has 0 saturated carbocycles. The molecule has 0 saturated heterocycles.